The molecule has 2 aromatic rings. The first kappa shape index (κ1) is 12.2. The highest BCUT2D eigenvalue weighted by atomic mass is 15.1. The lowest BCUT2D eigenvalue weighted by atomic mass is 10.1. The zero-order chi connectivity index (χ0) is 11.9. The number of aromatic amines is 1. The van der Waals surface area contributed by atoms with Crippen LogP contribution in [0.1, 0.15) is 51.1 Å². The highest BCUT2D eigenvalue weighted by Gasteiger charge is 2.03. The van der Waals surface area contributed by atoms with Crippen molar-refractivity contribution in [1.82, 2.24) is 10.2 Å². The van der Waals surface area contributed by atoms with Crippen molar-refractivity contribution < 1.29 is 0 Å². The maximum Gasteiger partial charge on any atom is 0.0923 e. The van der Waals surface area contributed by atoms with E-state index in [2.05, 4.69) is 35.3 Å². The second kappa shape index (κ2) is 6.43. The topological polar surface area (TPSA) is 28.7 Å². The number of H-pyrrole nitrogens is 1. The third-order valence-electron chi connectivity index (χ3n) is 3.32. The van der Waals surface area contributed by atoms with Crippen molar-refractivity contribution >= 4 is 10.9 Å². The molecule has 1 aromatic carbocycles. The lowest BCUT2D eigenvalue weighted by molar-refractivity contribution is 0.605. The molecule has 0 aliphatic rings. The molecule has 0 aliphatic carbocycles. The van der Waals surface area contributed by atoms with Gasteiger partial charge >= 0.3 is 0 Å². The maximum absolute atomic E-state index is 4.32. The number of para-hydroxylation sites is 1. The van der Waals surface area contributed by atoms with E-state index in [0.717, 1.165) is 11.9 Å². The molecule has 0 atom stereocenters. The van der Waals surface area contributed by atoms with Crippen LogP contribution in [-0.4, -0.2) is 10.2 Å². The minimum Gasteiger partial charge on any atom is -0.281 e. The first-order chi connectivity index (χ1) is 8.42. The minimum atomic E-state index is 1.09. The Balaban J connectivity index is 1.79. The number of rotatable bonds is 7. The third-order valence-corrected chi connectivity index (χ3v) is 3.32. The van der Waals surface area contributed by atoms with E-state index in [9.17, 15) is 0 Å². The minimum absolute atomic E-state index is 1.09. The van der Waals surface area contributed by atoms with E-state index >= 15 is 0 Å². The molecular formula is C15H22N2. The van der Waals surface area contributed by atoms with Crippen LogP contribution in [0, 0.1) is 0 Å². The second-order valence-corrected chi connectivity index (χ2v) is 4.74. The van der Waals surface area contributed by atoms with Crippen molar-refractivity contribution in [2.45, 2.75) is 51.9 Å². The molecule has 0 saturated heterocycles. The maximum atomic E-state index is 4.32. The van der Waals surface area contributed by atoms with Crippen molar-refractivity contribution in [1.29, 1.82) is 0 Å². The van der Waals surface area contributed by atoms with Gasteiger partial charge in [0.15, 0.2) is 0 Å². The number of nitrogens with one attached hydrogen (secondary N) is 1. The van der Waals surface area contributed by atoms with E-state index in [0.29, 0.717) is 0 Å². The van der Waals surface area contributed by atoms with Crippen LogP contribution in [0.2, 0.25) is 0 Å². The van der Waals surface area contributed by atoms with Gasteiger partial charge in [0.05, 0.1) is 5.52 Å². The number of nitrogens with zero attached hydrogens (tertiary/aromatic N) is 1. The summed E-state index contributed by atoms with van der Waals surface area (Å²) < 4.78 is 0. The molecule has 0 aliphatic heterocycles. The van der Waals surface area contributed by atoms with E-state index in [1.807, 2.05) is 6.07 Å². The van der Waals surface area contributed by atoms with Gasteiger partial charge in [0.2, 0.25) is 0 Å². The Kier molecular flexibility index (Phi) is 4.60. The van der Waals surface area contributed by atoms with Crippen molar-refractivity contribution in [2.75, 3.05) is 0 Å². The van der Waals surface area contributed by atoms with Crippen LogP contribution in [0.15, 0.2) is 24.3 Å². The average Bonchev–Trinajstić information content (AvgIpc) is 2.77. The van der Waals surface area contributed by atoms with Gasteiger partial charge in [0.1, 0.15) is 0 Å². The fourth-order valence-corrected chi connectivity index (χ4v) is 2.29. The van der Waals surface area contributed by atoms with Gasteiger partial charge in [-0.3, -0.25) is 5.10 Å². The SMILES string of the molecule is CCCCCCCCc1[nH]nc2ccccc12. The normalized spacial score (nSPS) is 11.1. The Bertz CT molecular complexity index is 445. The van der Waals surface area contributed by atoms with Crippen LogP contribution in [0.25, 0.3) is 10.9 Å². The Morgan fingerprint density at radius 1 is 1.00 bits per heavy atom. The zero-order valence-electron chi connectivity index (χ0n) is 10.7. The molecule has 0 bridgehead atoms. The molecular weight excluding hydrogens is 208 g/mol. The molecule has 1 aromatic heterocycles. The quantitative estimate of drug-likeness (QED) is 0.699. The largest absolute Gasteiger partial charge is 0.281 e. The van der Waals surface area contributed by atoms with Crippen LogP contribution in [-0.2, 0) is 6.42 Å². The fourth-order valence-electron chi connectivity index (χ4n) is 2.29. The van der Waals surface area contributed by atoms with Gasteiger partial charge in [-0.05, 0) is 18.9 Å². The lowest BCUT2D eigenvalue weighted by Crippen LogP contribution is -1.87. The summed E-state index contributed by atoms with van der Waals surface area (Å²) in [4.78, 5) is 0. The number of aryl methyl sites for hydroxylation is 1. The number of fused-ring (bicyclic) bond motifs is 1. The van der Waals surface area contributed by atoms with Crippen LogP contribution >= 0.6 is 0 Å². The van der Waals surface area contributed by atoms with Crippen LogP contribution in [0.3, 0.4) is 0 Å². The smallest absolute Gasteiger partial charge is 0.0923 e. The predicted octanol–water partition coefficient (Wildman–Crippen LogP) is 4.47. The van der Waals surface area contributed by atoms with Crippen LogP contribution in [0.4, 0.5) is 0 Å². The summed E-state index contributed by atoms with van der Waals surface area (Å²) in [6.07, 6.45) is 9.22. The molecule has 0 radical (unpaired) electrons. The first-order valence-corrected chi connectivity index (χ1v) is 6.84. The zero-order valence-corrected chi connectivity index (χ0v) is 10.7. The molecule has 0 amide bonds. The van der Waals surface area contributed by atoms with Gasteiger partial charge in [0.25, 0.3) is 0 Å². The Hall–Kier alpha value is -1.31. The van der Waals surface area contributed by atoms with E-state index in [1.54, 1.807) is 0 Å². The molecule has 0 saturated carbocycles. The van der Waals surface area contributed by atoms with Gasteiger partial charge in [-0.1, -0.05) is 57.2 Å². The molecule has 0 fully saturated rings. The first-order valence-electron chi connectivity index (χ1n) is 6.84. The summed E-state index contributed by atoms with van der Waals surface area (Å²) in [6.45, 7) is 2.26. The van der Waals surface area contributed by atoms with Gasteiger partial charge in [-0.15, -0.1) is 0 Å². The van der Waals surface area contributed by atoms with Crippen LogP contribution < -0.4 is 0 Å². The molecule has 1 heterocycles. The summed E-state index contributed by atoms with van der Waals surface area (Å²) in [7, 11) is 0. The third kappa shape index (κ3) is 3.32. The second-order valence-electron chi connectivity index (χ2n) is 4.74. The Labute approximate surface area is 103 Å². The van der Waals surface area contributed by atoms with Crippen molar-refractivity contribution in [3.8, 4) is 0 Å². The lowest BCUT2D eigenvalue weighted by Gasteiger charge is -2.00. The Morgan fingerprint density at radius 3 is 2.65 bits per heavy atom. The van der Waals surface area contributed by atoms with Crippen molar-refractivity contribution in [2.24, 2.45) is 0 Å². The van der Waals surface area contributed by atoms with Gasteiger partial charge < -0.3 is 0 Å². The summed E-state index contributed by atoms with van der Waals surface area (Å²) >= 11 is 0. The van der Waals surface area contributed by atoms with Gasteiger partial charge in [-0.2, -0.15) is 5.10 Å². The van der Waals surface area contributed by atoms with Crippen molar-refractivity contribution in [3.05, 3.63) is 30.0 Å². The fraction of sp³-hybridized carbons (Fsp3) is 0.533. The van der Waals surface area contributed by atoms with E-state index < -0.39 is 0 Å². The molecule has 0 spiro atoms. The highest BCUT2D eigenvalue weighted by molar-refractivity contribution is 5.81. The number of aromatic nitrogens is 2. The van der Waals surface area contributed by atoms with Gasteiger partial charge in [-0.25, -0.2) is 0 Å². The number of benzene rings is 1. The van der Waals surface area contributed by atoms with E-state index in [-0.39, 0.29) is 0 Å². The molecule has 2 heteroatoms. The summed E-state index contributed by atoms with van der Waals surface area (Å²) in [6, 6.07) is 8.35. The molecule has 2 nitrogen and oxygen atoms in total. The summed E-state index contributed by atoms with van der Waals surface area (Å²) in [5.41, 5.74) is 2.39. The molecule has 0 unspecified atom stereocenters. The average molecular weight is 230 g/mol. The molecule has 1 N–H and O–H groups in total. The van der Waals surface area contributed by atoms with Gasteiger partial charge in [0, 0.05) is 11.1 Å². The number of hydrogen-bond acceptors (Lipinski definition) is 1. The number of unbranched alkanes of at least 4 members (excludes halogenated alkanes) is 5. The standard InChI is InChI=1S/C15H22N2/c1-2-3-4-5-6-7-11-14-13-10-8-9-12-15(13)17-16-14/h8-10,12H,2-7,11H2,1H3,(H,16,17). The molecule has 92 valence electrons. The number of hydrogen-bond donors (Lipinski definition) is 1. The monoisotopic (exact) mass is 230 g/mol. The molecule has 17 heavy (non-hydrogen) atoms. The summed E-state index contributed by atoms with van der Waals surface area (Å²) in [5, 5.41) is 8.78. The Morgan fingerprint density at radius 2 is 1.76 bits per heavy atom. The highest BCUT2D eigenvalue weighted by Crippen LogP contribution is 2.17. The van der Waals surface area contributed by atoms with Crippen molar-refractivity contribution in [3.63, 3.8) is 0 Å². The molecule has 2 rings (SSSR count). The predicted molar refractivity (Wildman–Crippen MR) is 73.2 cm³/mol. The van der Waals surface area contributed by atoms with Crippen LogP contribution in [0.5, 0.6) is 0 Å². The van der Waals surface area contributed by atoms with E-state index in [1.165, 1.54) is 49.6 Å². The van der Waals surface area contributed by atoms with E-state index in [4.69, 9.17) is 0 Å². The summed E-state index contributed by atoms with van der Waals surface area (Å²) in [5.74, 6) is 0.